The van der Waals surface area contributed by atoms with Gasteiger partial charge in [-0.3, -0.25) is 4.79 Å². The van der Waals surface area contributed by atoms with E-state index in [2.05, 4.69) is 4.72 Å². The minimum absolute atomic E-state index is 0.0394. The number of carbonyl (C=O) groups excluding carboxylic acids is 1. The summed E-state index contributed by atoms with van der Waals surface area (Å²) < 4.78 is 25.1. The van der Waals surface area contributed by atoms with Crippen LogP contribution in [0.2, 0.25) is 0 Å². The highest BCUT2D eigenvalue weighted by Gasteiger charge is 2.29. The van der Waals surface area contributed by atoms with Crippen molar-refractivity contribution in [3.05, 3.63) is 0 Å². The van der Waals surface area contributed by atoms with Gasteiger partial charge in [0.15, 0.2) is 0 Å². The van der Waals surface area contributed by atoms with Crippen molar-refractivity contribution in [3.8, 4) is 0 Å². The summed E-state index contributed by atoms with van der Waals surface area (Å²) in [4.78, 5) is 10.3. The lowest BCUT2D eigenvalue weighted by Gasteiger charge is -1.98. The number of carbonyl (C=O) groups is 1. The number of primary amides is 1. The van der Waals surface area contributed by atoms with Crippen LogP contribution in [0.15, 0.2) is 0 Å². The van der Waals surface area contributed by atoms with Gasteiger partial charge in [0.2, 0.25) is 5.91 Å². The van der Waals surface area contributed by atoms with Crippen LogP contribution < -0.4 is 15.2 Å². The average Bonchev–Trinajstić information content (AvgIpc) is 2.10. The van der Waals surface area contributed by atoms with Crippen molar-refractivity contribution in [1.82, 2.24) is 9.44 Å². The summed E-state index contributed by atoms with van der Waals surface area (Å²) in [5, 5.41) is 0. The summed E-state index contributed by atoms with van der Waals surface area (Å²) in [5.74, 6) is -0.673. The molecule has 0 radical (unpaired) electrons. The van der Waals surface area contributed by atoms with Gasteiger partial charge in [-0.05, 0) is 0 Å². The lowest BCUT2D eigenvalue weighted by atomic mass is 10.3. The molecule has 1 aliphatic rings. The first-order chi connectivity index (χ1) is 4.51. The van der Waals surface area contributed by atoms with Gasteiger partial charge in [0, 0.05) is 6.54 Å². The molecular weight excluding hydrogens is 158 g/mol. The number of nitrogens with two attached hydrogens (primary N) is 1. The Labute approximate surface area is 58.0 Å². The molecule has 0 bridgehead atoms. The van der Waals surface area contributed by atoms with Crippen LogP contribution >= 0.6 is 0 Å². The Hall–Kier alpha value is -0.660. The van der Waals surface area contributed by atoms with Gasteiger partial charge in [-0.2, -0.15) is 13.1 Å². The molecule has 1 heterocycles. The van der Waals surface area contributed by atoms with Crippen LogP contribution in [-0.4, -0.2) is 26.9 Å². The van der Waals surface area contributed by atoms with E-state index in [-0.39, 0.29) is 6.54 Å². The molecule has 6 nitrogen and oxygen atoms in total. The molecule has 1 atom stereocenters. The predicted octanol–water partition coefficient (Wildman–Crippen LogP) is -2.72. The maximum atomic E-state index is 10.5. The standard InChI is InChI=1S/C3H7N3O3S/c4-3(7)2-1-5-10(8,9)6-2/h2,5-6H,1H2,(H2,4,7). The molecule has 1 fully saturated rings. The number of hydrogen-bond acceptors (Lipinski definition) is 3. The van der Waals surface area contributed by atoms with Gasteiger partial charge >= 0.3 is 0 Å². The minimum Gasteiger partial charge on any atom is -0.368 e. The van der Waals surface area contributed by atoms with Crippen molar-refractivity contribution in [2.75, 3.05) is 6.54 Å². The quantitative estimate of drug-likeness (QED) is 0.393. The minimum atomic E-state index is -3.44. The maximum absolute atomic E-state index is 10.5. The molecule has 0 spiro atoms. The largest absolute Gasteiger partial charge is 0.368 e. The van der Waals surface area contributed by atoms with Crippen LogP contribution in [0.5, 0.6) is 0 Å². The van der Waals surface area contributed by atoms with Crippen LogP contribution in [0, 0.1) is 0 Å². The van der Waals surface area contributed by atoms with Crippen molar-refractivity contribution in [2.45, 2.75) is 6.04 Å². The maximum Gasteiger partial charge on any atom is 0.277 e. The van der Waals surface area contributed by atoms with Crippen LogP contribution in [0.25, 0.3) is 0 Å². The first-order valence-corrected chi connectivity index (χ1v) is 4.06. The topological polar surface area (TPSA) is 101 Å². The summed E-state index contributed by atoms with van der Waals surface area (Å²) in [5.41, 5.74) is 4.81. The fraction of sp³-hybridized carbons (Fsp3) is 0.667. The Morgan fingerprint density at radius 3 is 2.40 bits per heavy atom. The van der Waals surface area contributed by atoms with Gasteiger partial charge in [-0.25, -0.2) is 4.72 Å². The van der Waals surface area contributed by atoms with Gasteiger partial charge in [0.25, 0.3) is 10.2 Å². The second-order valence-corrected chi connectivity index (χ2v) is 3.46. The van der Waals surface area contributed by atoms with Crippen LogP contribution in [-0.2, 0) is 15.0 Å². The molecule has 7 heteroatoms. The molecule has 0 aromatic carbocycles. The summed E-state index contributed by atoms with van der Waals surface area (Å²) >= 11 is 0. The Morgan fingerprint density at radius 1 is 1.60 bits per heavy atom. The summed E-state index contributed by atoms with van der Waals surface area (Å²) in [7, 11) is -3.44. The van der Waals surface area contributed by atoms with E-state index >= 15 is 0 Å². The highest BCUT2D eigenvalue weighted by atomic mass is 32.2. The molecule has 0 aromatic heterocycles. The van der Waals surface area contributed by atoms with E-state index in [1.807, 2.05) is 4.72 Å². The van der Waals surface area contributed by atoms with Crippen molar-refractivity contribution in [3.63, 3.8) is 0 Å². The number of hydrogen-bond donors (Lipinski definition) is 3. The van der Waals surface area contributed by atoms with E-state index in [1.165, 1.54) is 0 Å². The molecule has 10 heavy (non-hydrogen) atoms. The van der Waals surface area contributed by atoms with Crippen LogP contribution in [0.1, 0.15) is 0 Å². The molecule has 0 aromatic rings. The van der Waals surface area contributed by atoms with Gasteiger partial charge in [0.05, 0.1) is 0 Å². The van der Waals surface area contributed by atoms with E-state index in [1.54, 1.807) is 0 Å². The molecule has 1 unspecified atom stereocenters. The van der Waals surface area contributed by atoms with Gasteiger partial charge < -0.3 is 5.73 Å². The van der Waals surface area contributed by atoms with Crippen molar-refractivity contribution >= 4 is 16.1 Å². The third-order valence-electron chi connectivity index (χ3n) is 1.12. The Bertz CT molecular complexity index is 246. The molecule has 1 rings (SSSR count). The van der Waals surface area contributed by atoms with Crippen LogP contribution in [0.3, 0.4) is 0 Å². The van der Waals surface area contributed by atoms with E-state index < -0.39 is 22.2 Å². The van der Waals surface area contributed by atoms with Crippen molar-refractivity contribution in [1.29, 1.82) is 0 Å². The summed E-state index contributed by atoms with van der Waals surface area (Å²) in [6, 6.07) is -0.801. The van der Waals surface area contributed by atoms with Gasteiger partial charge in [-0.1, -0.05) is 0 Å². The van der Waals surface area contributed by atoms with E-state index in [0.717, 1.165) is 0 Å². The monoisotopic (exact) mass is 165 g/mol. The van der Waals surface area contributed by atoms with Crippen LogP contribution in [0.4, 0.5) is 0 Å². The summed E-state index contributed by atoms with van der Waals surface area (Å²) in [6.45, 7) is 0.0394. The van der Waals surface area contributed by atoms with Gasteiger partial charge in [0.1, 0.15) is 6.04 Å². The first-order valence-electron chi connectivity index (χ1n) is 2.57. The van der Waals surface area contributed by atoms with E-state index in [4.69, 9.17) is 5.73 Å². The molecular formula is C3H7N3O3S. The molecule has 1 aliphatic heterocycles. The zero-order valence-corrected chi connectivity index (χ0v) is 5.81. The van der Waals surface area contributed by atoms with Gasteiger partial charge in [-0.15, -0.1) is 0 Å². The Morgan fingerprint density at radius 2 is 2.20 bits per heavy atom. The van der Waals surface area contributed by atoms with Crippen molar-refractivity contribution < 1.29 is 13.2 Å². The average molecular weight is 165 g/mol. The molecule has 0 aliphatic carbocycles. The highest BCUT2D eigenvalue weighted by molar-refractivity contribution is 7.87. The normalized spacial score (nSPS) is 30.2. The number of amides is 1. The third kappa shape index (κ3) is 1.43. The van der Waals surface area contributed by atoms with E-state index in [0.29, 0.717) is 0 Å². The number of rotatable bonds is 1. The molecule has 1 saturated heterocycles. The molecule has 1 amide bonds. The molecule has 0 saturated carbocycles. The van der Waals surface area contributed by atoms with E-state index in [9.17, 15) is 13.2 Å². The fourth-order valence-corrected chi connectivity index (χ4v) is 1.67. The SMILES string of the molecule is NC(=O)C1CNS(=O)(=O)N1. The molecule has 4 N–H and O–H groups in total. The second kappa shape index (κ2) is 2.19. The second-order valence-electron chi connectivity index (χ2n) is 1.92. The predicted molar refractivity (Wildman–Crippen MR) is 33.0 cm³/mol. The Kier molecular flexibility index (Phi) is 1.63. The zero-order valence-electron chi connectivity index (χ0n) is 4.99. The molecule has 58 valence electrons. The first kappa shape index (κ1) is 7.45. The lowest BCUT2D eigenvalue weighted by Crippen LogP contribution is -2.39. The fourth-order valence-electron chi connectivity index (χ4n) is 0.622. The smallest absolute Gasteiger partial charge is 0.277 e. The van der Waals surface area contributed by atoms with Crippen molar-refractivity contribution in [2.24, 2.45) is 5.73 Å². The lowest BCUT2D eigenvalue weighted by molar-refractivity contribution is -0.119. The third-order valence-corrected chi connectivity index (χ3v) is 2.26. The Balaban J connectivity index is 2.69. The summed E-state index contributed by atoms with van der Waals surface area (Å²) in [6.07, 6.45) is 0. The zero-order chi connectivity index (χ0) is 7.78. The number of nitrogens with one attached hydrogen (secondary N) is 2. The highest BCUT2D eigenvalue weighted by Crippen LogP contribution is 1.93.